The summed E-state index contributed by atoms with van der Waals surface area (Å²) in [6.07, 6.45) is 0.157. The van der Waals surface area contributed by atoms with Crippen LogP contribution in [0.4, 0.5) is 15.8 Å². The Hall–Kier alpha value is -2.06. The molecule has 2 rings (SSSR count). The molecule has 8 heteroatoms. The fourth-order valence-electron chi connectivity index (χ4n) is 1.94. The molecule has 1 aliphatic rings. The van der Waals surface area contributed by atoms with Gasteiger partial charge in [-0.05, 0) is 6.07 Å². The van der Waals surface area contributed by atoms with E-state index in [-0.39, 0.29) is 24.1 Å². The van der Waals surface area contributed by atoms with Gasteiger partial charge in [-0.15, -0.1) is 0 Å². The molecule has 7 nitrogen and oxygen atoms in total. The van der Waals surface area contributed by atoms with Gasteiger partial charge in [-0.3, -0.25) is 14.9 Å². The lowest BCUT2D eigenvalue weighted by molar-refractivity contribution is -0.385. The molecule has 1 aliphatic heterocycles. The van der Waals surface area contributed by atoms with Crippen molar-refractivity contribution in [2.24, 2.45) is 0 Å². The van der Waals surface area contributed by atoms with Crippen molar-refractivity contribution in [1.29, 1.82) is 0 Å². The molecule has 1 amide bonds. The standard InChI is InChI=1S/C12H14FN3O4/c13-8-3-9(5-11(4-8)16(18)19)15-12(17)6-10-7-20-2-1-14-10/h3-5,10,14H,1-2,6-7H2,(H,15,17). The maximum atomic E-state index is 13.2. The van der Waals surface area contributed by atoms with Crippen LogP contribution in [0.15, 0.2) is 18.2 Å². The van der Waals surface area contributed by atoms with Crippen molar-refractivity contribution in [3.05, 3.63) is 34.1 Å². The molecular formula is C12H14FN3O4. The van der Waals surface area contributed by atoms with Crippen molar-refractivity contribution in [1.82, 2.24) is 5.32 Å². The van der Waals surface area contributed by atoms with Crippen LogP contribution < -0.4 is 10.6 Å². The fraction of sp³-hybridized carbons (Fsp3) is 0.417. The highest BCUT2D eigenvalue weighted by atomic mass is 19.1. The van der Waals surface area contributed by atoms with Crippen LogP contribution in [-0.4, -0.2) is 36.6 Å². The minimum Gasteiger partial charge on any atom is -0.378 e. The minimum atomic E-state index is -0.770. The van der Waals surface area contributed by atoms with Crippen LogP contribution >= 0.6 is 0 Å². The van der Waals surface area contributed by atoms with Crippen LogP contribution in [0.2, 0.25) is 0 Å². The number of benzene rings is 1. The zero-order valence-electron chi connectivity index (χ0n) is 10.6. The van der Waals surface area contributed by atoms with Crippen molar-refractivity contribution in [3.63, 3.8) is 0 Å². The predicted molar refractivity (Wildman–Crippen MR) is 68.9 cm³/mol. The van der Waals surface area contributed by atoms with Gasteiger partial charge in [0.2, 0.25) is 5.91 Å². The molecule has 108 valence electrons. The first-order valence-electron chi connectivity index (χ1n) is 6.10. The van der Waals surface area contributed by atoms with Crippen LogP contribution in [-0.2, 0) is 9.53 Å². The van der Waals surface area contributed by atoms with Gasteiger partial charge >= 0.3 is 0 Å². The van der Waals surface area contributed by atoms with E-state index in [2.05, 4.69) is 10.6 Å². The normalized spacial score (nSPS) is 18.6. The second-order valence-corrected chi connectivity index (χ2v) is 4.43. The summed E-state index contributed by atoms with van der Waals surface area (Å²) in [6.45, 7) is 1.70. The molecular weight excluding hydrogens is 269 g/mol. The fourth-order valence-corrected chi connectivity index (χ4v) is 1.94. The summed E-state index contributed by atoms with van der Waals surface area (Å²) in [4.78, 5) is 21.7. The van der Waals surface area contributed by atoms with Gasteiger partial charge in [0.15, 0.2) is 0 Å². The topological polar surface area (TPSA) is 93.5 Å². The van der Waals surface area contributed by atoms with Gasteiger partial charge in [0, 0.05) is 25.1 Å². The van der Waals surface area contributed by atoms with Crippen molar-refractivity contribution in [2.45, 2.75) is 12.5 Å². The Kier molecular flexibility index (Phi) is 4.59. The number of hydrogen-bond donors (Lipinski definition) is 2. The Balaban J connectivity index is 1.98. The summed E-state index contributed by atoms with van der Waals surface area (Å²) in [5, 5.41) is 16.2. The highest BCUT2D eigenvalue weighted by Gasteiger charge is 2.18. The number of amides is 1. The molecule has 20 heavy (non-hydrogen) atoms. The van der Waals surface area contributed by atoms with E-state index in [0.717, 1.165) is 18.2 Å². The smallest absolute Gasteiger partial charge is 0.274 e. The molecule has 0 spiro atoms. The maximum Gasteiger partial charge on any atom is 0.274 e. The molecule has 0 saturated carbocycles. The summed E-state index contributed by atoms with van der Waals surface area (Å²) in [5.41, 5.74) is -0.335. The maximum absolute atomic E-state index is 13.2. The quantitative estimate of drug-likeness (QED) is 0.636. The molecule has 1 fully saturated rings. The van der Waals surface area contributed by atoms with Crippen LogP contribution in [0.1, 0.15) is 6.42 Å². The van der Waals surface area contributed by atoms with E-state index in [1.165, 1.54) is 0 Å². The third-order valence-corrected chi connectivity index (χ3v) is 2.81. The van der Waals surface area contributed by atoms with Crippen LogP contribution in [0.3, 0.4) is 0 Å². The number of nitrogens with one attached hydrogen (secondary N) is 2. The minimum absolute atomic E-state index is 0.0680. The highest BCUT2D eigenvalue weighted by molar-refractivity contribution is 5.91. The predicted octanol–water partition coefficient (Wildman–Crippen LogP) is 1.05. The van der Waals surface area contributed by atoms with Crippen LogP contribution in [0, 0.1) is 15.9 Å². The van der Waals surface area contributed by atoms with Gasteiger partial charge in [-0.2, -0.15) is 0 Å². The largest absolute Gasteiger partial charge is 0.378 e. The monoisotopic (exact) mass is 283 g/mol. The first kappa shape index (κ1) is 14.4. The number of rotatable bonds is 4. The first-order valence-corrected chi connectivity index (χ1v) is 6.10. The second kappa shape index (κ2) is 6.40. The lowest BCUT2D eigenvalue weighted by Gasteiger charge is -2.23. The SMILES string of the molecule is O=C(CC1COCCN1)Nc1cc(F)cc([N+](=O)[O-])c1. The Labute approximate surface area is 114 Å². The molecule has 0 aliphatic carbocycles. The molecule has 1 saturated heterocycles. The Bertz CT molecular complexity index is 517. The Morgan fingerprint density at radius 3 is 3.00 bits per heavy atom. The molecule has 2 N–H and O–H groups in total. The lowest BCUT2D eigenvalue weighted by atomic mass is 10.2. The number of non-ortho nitro benzene ring substituents is 1. The molecule has 1 heterocycles. The molecule has 0 radical (unpaired) electrons. The van der Waals surface area contributed by atoms with Crippen molar-refractivity contribution < 1.29 is 18.8 Å². The van der Waals surface area contributed by atoms with E-state index >= 15 is 0 Å². The highest BCUT2D eigenvalue weighted by Crippen LogP contribution is 2.20. The number of anilines is 1. The average molecular weight is 283 g/mol. The van der Waals surface area contributed by atoms with Crippen molar-refractivity contribution in [3.8, 4) is 0 Å². The van der Waals surface area contributed by atoms with Gasteiger partial charge in [-0.1, -0.05) is 0 Å². The number of nitrogens with zero attached hydrogens (tertiary/aromatic N) is 1. The number of hydrogen-bond acceptors (Lipinski definition) is 5. The number of ether oxygens (including phenoxy) is 1. The van der Waals surface area contributed by atoms with E-state index in [0.29, 0.717) is 19.8 Å². The van der Waals surface area contributed by atoms with Crippen molar-refractivity contribution >= 4 is 17.3 Å². The molecule has 1 atom stereocenters. The number of nitro benzene ring substituents is 1. The number of nitro groups is 1. The zero-order chi connectivity index (χ0) is 14.5. The third kappa shape index (κ3) is 3.97. The van der Waals surface area contributed by atoms with Crippen LogP contribution in [0.25, 0.3) is 0 Å². The van der Waals surface area contributed by atoms with E-state index < -0.39 is 16.4 Å². The number of halogens is 1. The molecule has 0 bridgehead atoms. The second-order valence-electron chi connectivity index (χ2n) is 4.43. The molecule has 1 aromatic rings. The summed E-state index contributed by atoms with van der Waals surface area (Å²) < 4.78 is 18.4. The van der Waals surface area contributed by atoms with Gasteiger partial charge in [0.05, 0.1) is 29.9 Å². The van der Waals surface area contributed by atoms with E-state index in [1.54, 1.807) is 0 Å². The summed E-state index contributed by atoms with van der Waals surface area (Å²) in [5.74, 6) is -1.12. The Morgan fingerprint density at radius 2 is 2.35 bits per heavy atom. The van der Waals surface area contributed by atoms with Gasteiger partial charge in [0.1, 0.15) is 5.82 Å². The lowest BCUT2D eigenvalue weighted by Crippen LogP contribution is -2.43. The summed E-state index contributed by atoms with van der Waals surface area (Å²) in [7, 11) is 0. The number of carbonyl (C=O) groups is 1. The van der Waals surface area contributed by atoms with E-state index in [4.69, 9.17) is 4.74 Å². The zero-order valence-corrected chi connectivity index (χ0v) is 10.6. The number of morpholine rings is 1. The average Bonchev–Trinajstić information content (AvgIpc) is 2.38. The summed E-state index contributed by atoms with van der Waals surface area (Å²) in [6, 6.07) is 2.85. The summed E-state index contributed by atoms with van der Waals surface area (Å²) >= 11 is 0. The molecule has 0 aromatic heterocycles. The van der Waals surface area contributed by atoms with Crippen molar-refractivity contribution in [2.75, 3.05) is 25.1 Å². The third-order valence-electron chi connectivity index (χ3n) is 2.81. The van der Waals surface area contributed by atoms with E-state index in [9.17, 15) is 19.3 Å². The van der Waals surface area contributed by atoms with E-state index in [1.807, 2.05) is 0 Å². The molecule has 1 unspecified atom stereocenters. The van der Waals surface area contributed by atoms with Gasteiger partial charge < -0.3 is 15.4 Å². The van der Waals surface area contributed by atoms with Gasteiger partial charge in [-0.25, -0.2) is 4.39 Å². The molecule has 1 aromatic carbocycles. The number of carbonyl (C=O) groups excluding carboxylic acids is 1. The van der Waals surface area contributed by atoms with Gasteiger partial charge in [0.25, 0.3) is 5.69 Å². The Morgan fingerprint density at radius 1 is 1.55 bits per heavy atom. The first-order chi connectivity index (χ1) is 9.54. The van der Waals surface area contributed by atoms with Crippen LogP contribution in [0.5, 0.6) is 0 Å².